The second kappa shape index (κ2) is 7.98. The highest BCUT2D eigenvalue weighted by atomic mass is 32.2. The lowest BCUT2D eigenvalue weighted by atomic mass is 10.1. The van der Waals surface area contributed by atoms with Crippen LogP contribution in [0.2, 0.25) is 0 Å². The molecule has 0 spiro atoms. The first-order chi connectivity index (χ1) is 12.9. The third-order valence-electron chi connectivity index (χ3n) is 4.17. The lowest BCUT2D eigenvalue weighted by Gasteiger charge is -2.11. The van der Waals surface area contributed by atoms with Gasteiger partial charge < -0.3 is 14.8 Å². The van der Waals surface area contributed by atoms with Crippen molar-refractivity contribution in [2.45, 2.75) is 30.2 Å². The maximum atomic E-state index is 12.4. The summed E-state index contributed by atoms with van der Waals surface area (Å²) in [5.41, 5.74) is 1.13. The summed E-state index contributed by atoms with van der Waals surface area (Å²) >= 11 is 0. The van der Waals surface area contributed by atoms with Gasteiger partial charge in [-0.25, -0.2) is 13.1 Å². The van der Waals surface area contributed by atoms with Gasteiger partial charge in [0, 0.05) is 23.4 Å². The summed E-state index contributed by atoms with van der Waals surface area (Å²) in [5.74, 6) is 0.912. The van der Waals surface area contributed by atoms with Gasteiger partial charge in [0.2, 0.25) is 15.9 Å². The van der Waals surface area contributed by atoms with E-state index in [4.69, 9.17) is 9.47 Å². The van der Waals surface area contributed by atoms with E-state index in [1.807, 2.05) is 0 Å². The highest BCUT2D eigenvalue weighted by molar-refractivity contribution is 7.89. The second-order valence-electron chi connectivity index (χ2n) is 6.33. The number of hydrogen-bond acceptors (Lipinski definition) is 5. The predicted octanol–water partition coefficient (Wildman–Crippen LogP) is 2.33. The third-order valence-corrected chi connectivity index (χ3v) is 5.69. The Morgan fingerprint density at radius 1 is 1.11 bits per heavy atom. The van der Waals surface area contributed by atoms with Crippen LogP contribution in [0.25, 0.3) is 0 Å². The van der Waals surface area contributed by atoms with E-state index in [1.54, 1.807) is 37.4 Å². The molecule has 1 aliphatic carbocycles. The Kier molecular flexibility index (Phi) is 5.67. The summed E-state index contributed by atoms with van der Waals surface area (Å²) in [6, 6.07) is 11.5. The van der Waals surface area contributed by atoms with Gasteiger partial charge in [-0.05, 0) is 37.1 Å². The van der Waals surface area contributed by atoms with E-state index in [-0.39, 0.29) is 23.3 Å². The van der Waals surface area contributed by atoms with E-state index in [0.29, 0.717) is 22.7 Å². The van der Waals surface area contributed by atoms with Crippen molar-refractivity contribution < 1.29 is 22.7 Å². The summed E-state index contributed by atoms with van der Waals surface area (Å²) < 4.78 is 37.7. The van der Waals surface area contributed by atoms with Crippen LogP contribution in [0.4, 0.5) is 5.69 Å². The molecule has 7 nitrogen and oxygen atoms in total. The highest BCUT2D eigenvalue weighted by Crippen LogP contribution is 2.26. The van der Waals surface area contributed by atoms with Crippen LogP contribution in [0.3, 0.4) is 0 Å². The fraction of sp³-hybridized carbons (Fsp3) is 0.316. The van der Waals surface area contributed by atoms with Gasteiger partial charge in [0.1, 0.15) is 11.5 Å². The number of amides is 1. The molecule has 1 amide bonds. The van der Waals surface area contributed by atoms with Gasteiger partial charge in [0.25, 0.3) is 0 Å². The minimum atomic E-state index is -3.57. The maximum Gasteiger partial charge on any atom is 0.240 e. The van der Waals surface area contributed by atoms with Gasteiger partial charge in [-0.1, -0.05) is 12.1 Å². The molecular weight excluding hydrogens is 368 g/mol. The number of ether oxygens (including phenoxy) is 2. The fourth-order valence-corrected chi connectivity index (χ4v) is 3.96. The first-order valence-electron chi connectivity index (χ1n) is 8.54. The van der Waals surface area contributed by atoms with Crippen molar-refractivity contribution in [3.63, 3.8) is 0 Å². The molecule has 2 aromatic carbocycles. The van der Waals surface area contributed by atoms with Crippen molar-refractivity contribution in [2.75, 3.05) is 19.5 Å². The molecule has 144 valence electrons. The first-order valence-corrected chi connectivity index (χ1v) is 10.0. The van der Waals surface area contributed by atoms with E-state index >= 15 is 0 Å². The summed E-state index contributed by atoms with van der Waals surface area (Å²) in [6.07, 6.45) is 1.81. The number of hydrogen-bond donors (Lipinski definition) is 2. The van der Waals surface area contributed by atoms with E-state index in [0.717, 1.165) is 12.8 Å². The Hall–Kier alpha value is -2.58. The zero-order valence-corrected chi connectivity index (χ0v) is 16.0. The normalized spacial score (nSPS) is 13.9. The topological polar surface area (TPSA) is 93.7 Å². The maximum absolute atomic E-state index is 12.4. The molecule has 27 heavy (non-hydrogen) atoms. The lowest BCUT2D eigenvalue weighted by Crippen LogP contribution is -2.25. The van der Waals surface area contributed by atoms with Crippen LogP contribution in [-0.4, -0.2) is 34.6 Å². The number of nitrogens with one attached hydrogen (secondary N) is 2. The number of carbonyl (C=O) groups excluding carboxylic acids is 1. The number of sulfonamides is 1. The van der Waals surface area contributed by atoms with Gasteiger partial charge in [-0.3, -0.25) is 4.79 Å². The quantitative estimate of drug-likeness (QED) is 0.722. The molecule has 0 aliphatic heterocycles. The molecule has 0 radical (unpaired) electrons. The van der Waals surface area contributed by atoms with E-state index in [1.165, 1.54) is 19.2 Å². The van der Waals surface area contributed by atoms with Crippen LogP contribution in [-0.2, 0) is 21.2 Å². The van der Waals surface area contributed by atoms with Crippen LogP contribution >= 0.6 is 0 Å². The Balaban J connectivity index is 1.70. The molecule has 1 fully saturated rings. The summed E-state index contributed by atoms with van der Waals surface area (Å²) in [7, 11) is -0.487. The van der Waals surface area contributed by atoms with Crippen LogP contribution in [0.1, 0.15) is 18.4 Å². The van der Waals surface area contributed by atoms with Gasteiger partial charge in [0.05, 0.1) is 25.5 Å². The van der Waals surface area contributed by atoms with Crippen molar-refractivity contribution >= 4 is 21.6 Å². The first kappa shape index (κ1) is 19.2. The molecule has 1 saturated carbocycles. The minimum absolute atomic E-state index is 0.0239. The molecule has 0 saturated heterocycles. The van der Waals surface area contributed by atoms with Gasteiger partial charge >= 0.3 is 0 Å². The smallest absolute Gasteiger partial charge is 0.240 e. The SMILES string of the molecule is COc1ccc(CC(=O)Nc2cccc(S(=O)(=O)NC3CC3)c2)c(OC)c1. The standard InChI is InChI=1S/C19H22N2O5S/c1-25-16-9-6-13(18(12-16)26-2)10-19(22)20-15-4-3-5-17(11-15)27(23,24)21-14-7-8-14/h3-6,9,11-12,14,21H,7-8,10H2,1-2H3,(H,20,22). The van der Waals surface area contributed by atoms with Crippen molar-refractivity contribution in [2.24, 2.45) is 0 Å². The second-order valence-corrected chi connectivity index (χ2v) is 8.04. The summed E-state index contributed by atoms with van der Waals surface area (Å²) in [4.78, 5) is 12.5. The lowest BCUT2D eigenvalue weighted by molar-refractivity contribution is -0.115. The predicted molar refractivity (Wildman–Crippen MR) is 102 cm³/mol. The molecule has 2 aromatic rings. The molecule has 2 N–H and O–H groups in total. The molecule has 0 aromatic heterocycles. The Labute approximate surface area is 158 Å². The Morgan fingerprint density at radius 2 is 1.89 bits per heavy atom. The minimum Gasteiger partial charge on any atom is -0.497 e. The van der Waals surface area contributed by atoms with Gasteiger partial charge in [-0.15, -0.1) is 0 Å². The molecule has 0 unspecified atom stereocenters. The van der Waals surface area contributed by atoms with Gasteiger partial charge in [-0.2, -0.15) is 0 Å². The third kappa shape index (κ3) is 4.99. The summed E-state index contributed by atoms with van der Waals surface area (Å²) in [6.45, 7) is 0. The number of benzene rings is 2. The highest BCUT2D eigenvalue weighted by Gasteiger charge is 2.28. The van der Waals surface area contributed by atoms with Crippen LogP contribution in [0, 0.1) is 0 Å². The monoisotopic (exact) mass is 390 g/mol. The van der Waals surface area contributed by atoms with Crippen molar-refractivity contribution in [1.82, 2.24) is 4.72 Å². The van der Waals surface area contributed by atoms with E-state index < -0.39 is 10.0 Å². The summed E-state index contributed by atoms with van der Waals surface area (Å²) in [5, 5.41) is 2.73. The Morgan fingerprint density at radius 3 is 2.56 bits per heavy atom. The molecule has 0 heterocycles. The van der Waals surface area contributed by atoms with E-state index in [9.17, 15) is 13.2 Å². The van der Waals surface area contributed by atoms with Crippen LogP contribution in [0.5, 0.6) is 11.5 Å². The zero-order chi connectivity index (χ0) is 19.4. The number of methoxy groups -OCH3 is 2. The molecular formula is C19H22N2O5S. The molecule has 1 aliphatic rings. The number of carbonyl (C=O) groups is 1. The van der Waals surface area contributed by atoms with E-state index in [2.05, 4.69) is 10.0 Å². The number of anilines is 1. The zero-order valence-electron chi connectivity index (χ0n) is 15.2. The average molecular weight is 390 g/mol. The molecule has 3 rings (SSSR count). The number of rotatable bonds is 8. The molecule has 0 bridgehead atoms. The fourth-order valence-electron chi connectivity index (χ4n) is 2.61. The van der Waals surface area contributed by atoms with Gasteiger partial charge in [0.15, 0.2) is 0 Å². The van der Waals surface area contributed by atoms with Crippen molar-refractivity contribution in [3.8, 4) is 11.5 Å². The Bertz CT molecular complexity index is 939. The van der Waals surface area contributed by atoms with Crippen molar-refractivity contribution in [3.05, 3.63) is 48.0 Å². The van der Waals surface area contributed by atoms with Crippen molar-refractivity contribution in [1.29, 1.82) is 0 Å². The van der Waals surface area contributed by atoms with Crippen LogP contribution < -0.4 is 19.5 Å². The molecule has 8 heteroatoms. The molecule has 0 atom stereocenters. The average Bonchev–Trinajstić information content (AvgIpc) is 3.45. The largest absolute Gasteiger partial charge is 0.497 e. The van der Waals surface area contributed by atoms with Crippen LogP contribution in [0.15, 0.2) is 47.4 Å².